The maximum absolute atomic E-state index is 12.0. The minimum atomic E-state index is -3.40. The quantitative estimate of drug-likeness (QED) is 0.661. The molecule has 6 heteroatoms. The summed E-state index contributed by atoms with van der Waals surface area (Å²) in [6, 6.07) is 6.87. The summed E-state index contributed by atoms with van der Waals surface area (Å²) >= 11 is 0. The summed E-state index contributed by atoms with van der Waals surface area (Å²) < 4.78 is 31.5. The molecular formula is C13H22N2O3S. The third kappa shape index (κ3) is 5.69. The number of rotatable bonds is 9. The van der Waals surface area contributed by atoms with Crippen molar-refractivity contribution in [3.8, 4) is 0 Å². The summed E-state index contributed by atoms with van der Waals surface area (Å²) in [4.78, 5) is 0.293. The molecule has 108 valence electrons. The van der Waals surface area contributed by atoms with Gasteiger partial charge in [-0.25, -0.2) is 13.1 Å². The van der Waals surface area contributed by atoms with Crippen molar-refractivity contribution in [1.82, 2.24) is 4.72 Å². The van der Waals surface area contributed by atoms with Crippen molar-refractivity contribution in [3.63, 3.8) is 0 Å². The fourth-order valence-corrected chi connectivity index (χ4v) is 2.69. The van der Waals surface area contributed by atoms with Gasteiger partial charge in [0.05, 0.1) is 11.5 Å². The maximum Gasteiger partial charge on any atom is 0.240 e. The molecule has 0 amide bonds. The molecule has 19 heavy (non-hydrogen) atoms. The second-order valence-corrected chi connectivity index (χ2v) is 6.05. The Kier molecular flexibility index (Phi) is 7.01. The van der Waals surface area contributed by atoms with E-state index in [9.17, 15) is 8.42 Å². The van der Waals surface area contributed by atoms with E-state index >= 15 is 0 Å². The zero-order valence-corrected chi connectivity index (χ0v) is 12.1. The first-order valence-electron chi connectivity index (χ1n) is 6.38. The fourth-order valence-electron chi connectivity index (χ4n) is 1.61. The standard InChI is InChI=1S/C13H22N2O3S/c1-18-11-8-12-4-6-13(7-5-12)19(16,17)15-10-3-2-9-14/h4-7,15H,2-3,8-11,14H2,1H3. The van der Waals surface area contributed by atoms with Crippen LogP contribution in [-0.4, -0.2) is 35.2 Å². The second kappa shape index (κ2) is 8.27. The Balaban J connectivity index is 2.58. The van der Waals surface area contributed by atoms with Crippen LogP contribution < -0.4 is 10.5 Å². The van der Waals surface area contributed by atoms with Gasteiger partial charge >= 0.3 is 0 Å². The lowest BCUT2D eigenvalue weighted by molar-refractivity contribution is 0.202. The molecule has 3 N–H and O–H groups in total. The van der Waals surface area contributed by atoms with Crippen LogP contribution in [0.3, 0.4) is 0 Å². The molecule has 0 atom stereocenters. The van der Waals surface area contributed by atoms with Crippen LogP contribution in [0.1, 0.15) is 18.4 Å². The summed E-state index contributed by atoms with van der Waals surface area (Å²) in [6.45, 7) is 1.63. The van der Waals surface area contributed by atoms with E-state index in [-0.39, 0.29) is 0 Å². The number of hydrogen-bond donors (Lipinski definition) is 2. The molecule has 0 aliphatic carbocycles. The molecule has 1 aromatic rings. The van der Waals surface area contributed by atoms with Crippen molar-refractivity contribution >= 4 is 10.0 Å². The average molecular weight is 286 g/mol. The molecule has 0 unspecified atom stereocenters. The molecule has 0 radical (unpaired) electrons. The van der Waals surface area contributed by atoms with Gasteiger partial charge < -0.3 is 10.5 Å². The molecule has 1 rings (SSSR count). The molecular weight excluding hydrogens is 264 g/mol. The van der Waals surface area contributed by atoms with Gasteiger partial charge in [-0.3, -0.25) is 0 Å². The summed E-state index contributed by atoms with van der Waals surface area (Å²) in [6.07, 6.45) is 2.35. The van der Waals surface area contributed by atoms with Crippen molar-refractivity contribution in [2.75, 3.05) is 26.8 Å². The monoisotopic (exact) mass is 286 g/mol. The van der Waals surface area contributed by atoms with Crippen LogP contribution in [0.4, 0.5) is 0 Å². The van der Waals surface area contributed by atoms with Crippen LogP contribution in [0.25, 0.3) is 0 Å². The van der Waals surface area contributed by atoms with E-state index in [1.54, 1.807) is 19.2 Å². The highest BCUT2D eigenvalue weighted by Crippen LogP contribution is 2.11. The third-order valence-corrected chi connectivity index (χ3v) is 4.23. The van der Waals surface area contributed by atoms with E-state index < -0.39 is 10.0 Å². The SMILES string of the molecule is COCCc1ccc(S(=O)(=O)NCCCCN)cc1. The molecule has 0 aromatic heterocycles. The van der Waals surface area contributed by atoms with Crippen molar-refractivity contribution in [3.05, 3.63) is 29.8 Å². The topological polar surface area (TPSA) is 81.4 Å². The van der Waals surface area contributed by atoms with Gasteiger partial charge in [-0.05, 0) is 43.5 Å². The highest BCUT2D eigenvalue weighted by atomic mass is 32.2. The molecule has 1 aromatic carbocycles. The van der Waals surface area contributed by atoms with Crippen molar-refractivity contribution in [2.45, 2.75) is 24.2 Å². The first kappa shape index (κ1) is 16.1. The Hall–Kier alpha value is -0.950. The van der Waals surface area contributed by atoms with Gasteiger partial charge in [0.1, 0.15) is 0 Å². The summed E-state index contributed by atoms with van der Waals surface area (Å²) in [5, 5.41) is 0. The molecule has 0 bridgehead atoms. The third-order valence-electron chi connectivity index (χ3n) is 2.75. The average Bonchev–Trinajstić information content (AvgIpc) is 2.42. The van der Waals surface area contributed by atoms with E-state index in [4.69, 9.17) is 10.5 Å². The minimum Gasteiger partial charge on any atom is -0.384 e. The van der Waals surface area contributed by atoms with Crippen LogP contribution in [0.5, 0.6) is 0 Å². The van der Waals surface area contributed by atoms with Gasteiger partial charge in [0, 0.05) is 13.7 Å². The first-order valence-corrected chi connectivity index (χ1v) is 7.86. The molecule has 0 heterocycles. The van der Waals surface area contributed by atoms with E-state index in [0.717, 1.165) is 24.8 Å². The van der Waals surface area contributed by atoms with E-state index in [1.165, 1.54) is 0 Å². The second-order valence-electron chi connectivity index (χ2n) is 4.28. The highest BCUT2D eigenvalue weighted by Gasteiger charge is 2.12. The van der Waals surface area contributed by atoms with Gasteiger partial charge in [-0.15, -0.1) is 0 Å². The predicted octanol–water partition coefficient (Wildman–Crippen LogP) is 0.893. The lowest BCUT2D eigenvalue weighted by Gasteiger charge is -2.07. The summed E-state index contributed by atoms with van der Waals surface area (Å²) in [7, 11) is -1.76. The van der Waals surface area contributed by atoms with Crippen LogP contribution in [0.2, 0.25) is 0 Å². The van der Waals surface area contributed by atoms with Crippen LogP contribution in [0.15, 0.2) is 29.2 Å². The van der Waals surface area contributed by atoms with Gasteiger partial charge in [-0.1, -0.05) is 12.1 Å². The number of ether oxygens (including phenoxy) is 1. The van der Waals surface area contributed by atoms with Gasteiger partial charge in [0.15, 0.2) is 0 Å². The van der Waals surface area contributed by atoms with Crippen molar-refractivity contribution < 1.29 is 13.2 Å². The molecule has 0 aliphatic rings. The Labute approximate surface area is 115 Å². The first-order chi connectivity index (χ1) is 9.10. The van der Waals surface area contributed by atoms with Gasteiger partial charge in [0.25, 0.3) is 0 Å². The van der Waals surface area contributed by atoms with Gasteiger partial charge in [0.2, 0.25) is 10.0 Å². The summed E-state index contributed by atoms with van der Waals surface area (Å²) in [5.41, 5.74) is 6.42. The molecule has 5 nitrogen and oxygen atoms in total. The lowest BCUT2D eigenvalue weighted by atomic mass is 10.2. The fraction of sp³-hybridized carbons (Fsp3) is 0.538. The number of methoxy groups -OCH3 is 1. The number of sulfonamides is 1. The highest BCUT2D eigenvalue weighted by molar-refractivity contribution is 7.89. The smallest absolute Gasteiger partial charge is 0.240 e. The minimum absolute atomic E-state index is 0.293. The number of nitrogens with one attached hydrogen (secondary N) is 1. The van der Waals surface area contributed by atoms with E-state index in [0.29, 0.717) is 24.6 Å². The maximum atomic E-state index is 12.0. The van der Waals surface area contributed by atoms with Crippen LogP contribution in [0, 0.1) is 0 Å². The van der Waals surface area contributed by atoms with E-state index in [2.05, 4.69) is 4.72 Å². The predicted molar refractivity (Wildman–Crippen MR) is 75.5 cm³/mol. The lowest BCUT2D eigenvalue weighted by Crippen LogP contribution is -2.25. The number of unbranched alkanes of at least 4 members (excludes halogenated alkanes) is 1. The Morgan fingerprint density at radius 2 is 1.89 bits per heavy atom. The van der Waals surface area contributed by atoms with Crippen LogP contribution >= 0.6 is 0 Å². The van der Waals surface area contributed by atoms with E-state index in [1.807, 2.05) is 12.1 Å². The van der Waals surface area contributed by atoms with Gasteiger partial charge in [-0.2, -0.15) is 0 Å². The molecule has 0 spiro atoms. The Morgan fingerprint density at radius 3 is 2.47 bits per heavy atom. The molecule has 0 saturated carbocycles. The zero-order chi connectivity index (χ0) is 14.1. The Bertz CT molecular complexity index is 457. The molecule has 0 aliphatic heterocycles. The van der Waals surface area contributed by atoms with Crippen molar-refractivity contribution in [1.29, 1.82) is 0 Å². The summed E-state index contributed by atoms with van der Waals surface area (Å²) in [5.74, 6) is 0. The molecule has 0 fully saturated rings. The Morgan fingerprint density at radius 1 is 1.21 bits per heavy atom. The van der Waals surface area contributed by atoms with Crippen LogP contribution in [-0.2, 0) is 21.2 Å². The number of hydrogen-bond acceptors (Lipinski definition) is 4. The largest absolute Gasteiger partial charge is 0.384 e. The van der Waals surface area contributed by atoms with Crippen molar-refractivity contribution in [2.24, 2.45) is 5.73 Å². The number of nitrogens with two attached hydrogens (primary N) is 1. The number of benzene rings is 1. The normalized spacial score (nSPS) is 11.7. The zero-order valence-electron chi connectivity index (χ0n) is 11.3. The molecule has 0 saturated heterocycles.